The lowest BCUT2D eigenvalue weighted by Gasteiger charge is -2.23. The predicted molar refractivity (Wildman–Crippen MR) is 297 cm³/mol. The van der Waals surface area contributed by atoms with Gasteiger partial charge < -0.3 is 41.5 Å². The molecule has 0 spiro atoms. The van der Waals surface area contributed by atoms with E-state index in [-0.39, 0.29) is 57.5 Å². The van der Waals surface area contributed by atoms with Gasteiger partial charge in [0, 0.05) is 46.1 Å². The summed E-state index contributed by atoms with van der Waals surface area (Å²) in [6.45, 7) is 1.05. The molecule has 6 amide bonds. The summed E-state index contributed by atoms with van der Waals surface area (Å²) < 4.78 is 5.33. The van der Waals surface area contributed by atoms with Crippen LogP contribution >= 0.6 is 68.0 Å². The van der Waals surface area contributed by atoms with Crippen LogP contribution in [0.3, 0.4) is 0 Å². The minimum absolute atomic E-state index is 0.00675. The molecule has 0 radical (unpaired) electrons. The number of aliphatic hydroxyl groups excluding tert-OH is 1. The number of carbonyl (C=O) groups is 7. The van der Waals surface area contributed by atoms with E-state index in [0.29, 0.717) is 63.7 Å². The van der Waals surface area contributed by atoms with E-state index in [1.54, 1.807) is 70.9 Å². The lowest BCUT2D eigenvalue weighted by molar-refractivity contribution is -0.122. The van der Waals surface area contributed by atoms with Crippen LogP contribution in [0.5, 0.6) is 0 Å². The number of aryl methyl sites for hydroxylation is 1. The van der Waals surface area contributed by atoms with E-state index in [1.807, 2.05) is 0 Å². The van der Waals surface area contributed by atoms with Crippen LogP contribution in [0.4, 0.5) is 10.9 Å². The van der Waals surface area contributed by atoms with Crippen LogP contribution in [-0.2, 0) is 20.9 Å². The van der Waals surface area contributed by atoms with Crippen LogP contribution < -0.4 is 31.9 Å². The molecular formula is C49H39N15O10S6. The van der Waals surface area contributed by atoms with Crippen LogP contribution in [0.25, 0.3) is 43.4 Å². The Hall–Kier alpha value is -8.56. The van der Waals surface area contributed by atoms with E-state index in [4.69, 9.17) is 24.7 Å². The number of ether oxygens (including phenoxy) is 1. The Bertz CT molecular complexity index is 3850. The van der Waals surface area contributed by atoms with Gasteiger partial charge in [0.25, 0.3) is 23.6 Å². The molecule has 25 nitrogen and oxygen atoms in total. The molecule has 406 valence electrons. The van der Waals surface area contributed by atoms with Crippen molar-refractivity contribution >= 4 is 120 Å². The number of anilines is 2. The molecule has 3 atom stereocenters. The van der Waals surface area contributed by atoms with Crippen molar-refractivity contribution in [2.45, 2.75) is 38.1 Å². The standard InChI is InChI=1S/C49H39N15O10S6/c1-20-34-42(71)64-49-63-36(30(80-49)15-74-3)41(70)53-14-33(66)61-37(38(67)21-7-5-4-6-8-21)47-58-29(18-77-47)45-56-27(16-76-45)35-22(43-57-28(17-75-43)40(69)55-24(11-32(65)50-2)46(62-34)79-20)9-10-23(54-35)44-60-31(19-78-44)59-39(68)25-12-52-26(13-51-25)48(72)73/h4-10,12-13,16-19,24,37-38,67H,11,14-15H2,1-3H3,(H,50,65)(H,53,70)(H,55,69)(H,59,68)(H,61,66)(H,72,73)(H,63,64,71)/t24-,37-,38-/m0/s1. The number of carbonyl (C=O) groups excluding carboxylic acids is 6. The van der Waals surface area contributed by atoms with Crippen molar-refractivity contribution in [2.24, 2.45) is 0 Å². The summed E-state index contributed by atoms with van der Waals surface area (Å²) in [4.78, 5) is 134. The predicted octanol–water partition coefficient (Wildman–Crippen LogP) is 6.18. The number of aromatic nitrogens is 9. The molecule has 9 heterocycles. The summed E-state index contributed by atoms with van der Waals surface area (Å²) in [7, 11) is 2.87. The van der Waals surface area contributed by atoms with Crippen molar-refractivity contribution < 1.29 is 48.5 Å². The molecule has 10 bridgehead atoms. The van der Waals surface area contributed by atoms with E-state index in [0.717, 1.165) is 57.7 Å². The normalized spacial score (nSPS) is 15.2. The lowest BCUT2D eigenvalue weighted by atomic mass is 10.0. The topological polar surface area (TPSA) is 357 Å². The Balaban J connectivity index is 1.03. The average molecular weight is 1190 g/mol. The van der Waals surface area contributed by atoms with Gasteiger partial charge >= 0.3 is 5.97 Å². The van der Waals surface area contributed by atoms with E-state index >= 15 is 0 Å². The zero-order chi connectivity index (χ0) is 56.2. The summed E-state index contributed by atoms with van der Waals surface area (Å²) in [5, 5.41) is 45.5. The first-order valence-corrected chi connectivity index (χ1v) is 28.6. The molecule has 0 saturated carbocycles. The van der Waals surface area contributed by atoms with Gasteiger partial charge in [-0.15, -0.1) is 56.7 Å². The highest BCUT2D eigenvalue weighted by Gasteiger charge is 2.31. The SMILES string of the molecule is CNC(=O)C[C@@H]1NC(=O)c2csc(n2)-c2ccc(-c3nc(NC(=O)c4cnc(C(=O)O)cn4)cs3)nc2-c2csc(n2)-c2csc(n2)[C@H]([C@@H](O)c2ccccc2)NC(=O)CNC(=O)c2nc(sc2COC)NC(=O)c2nc1sc2C. The van der Waals surface area contributed by atoms with Crippen molar-refractivity contribution in [1.29, 1.82) is 0 Å². The van der Waals surface area contributed by atoms with Crippen LogP contribution in [-0.4, -0.2) is 117 Å². The van der Waals surface area contributed by atoms with E-state index in [1.165, 1.54) is 36.8 Å². The first-order chi connectivity index (χ1) is 38.6. The maximum absolute atomic E-state index is 14.2. The van der Waals surface area contributed by atoms with E-state index < -0.39 is 66.1 Å². The molecule has 1 aromatic carbocycles. The number of fused-ring (bicyclic) bond motifs is 14. The van der Waals surface area contributed by atoms with Crippen molar-refractivity contribution in [2.75, 3.05) is 31.3 Å². The Labute approximate surface area is 475 Å². The van der Waals surface area contributed by atoms with Gasteiger partial charge in [-0.25, -0.2) is 49.7 Å². The van der Waals surface area contributed by atoms with Crippen LogP contribution in [0.1, 0.15) is 102 Å². The number of nitrogens with one attached hydrogen (secondary N) is 6. The first-order valence-electron chi connectivity index (χ1n) is 23.4. The highest BCUT2D eigenvalue weighted by molar-refractivity contribution is 7.16. The number of amides is 6. The summed E-state index contributed by atoms with van der Waals surface area (Å²) in [6.07, 6.45) is 0.463. The number of pyridine rings is 1. The second-order valence-electron chi connectivity index (χ2n) is 16.9. The van der Waals surface area contributed by atoms with Gasteiger partial charge in [-0.3, -0.25) is 34.1 Å². The Morgan fingerprint density at radius 2 is 1.45 bits per heavy atom. The minimum atomic E-state index is -1.30. The molecule has 1 aliphatic heterocycles. The van der Waals surface area contributed by atoms with Crippen molar-refractivity contribution in [3.8, 4) is 43.4 Å². The molecule has 0 unspecified atom stereocenters. The third kappa shape index (κ3) is 12.0. The van der Waals surface area contributed by atoms with Crippen LogP contribution in [0.2, 0.25) is 0 Å². The molecule has 80 heavy (non-hydrogen) atoms. The Morgan fingerprint density at radius 3 is 2.21 bits per heavy atom. The first kappa shape index (κ1) is 54.8. The third-order valence-corrected chi connectivity index (χ3v) is 17.1. The highest BCUT2D eigenvalue weighted by Crippen LogP contribution is 2.40. The van der Waals surface area contributed by atoms with Gasteiger partial charge in [0.2, 0.25) is 11.8 Å². The number of aromatic carboxylic acids is 1. The number of thiazole rings is 6. The van der Waals surface area contributed by atoms with Gasteiger partial charge in [0.1, 0.15) is 82.9 Å². The van der Waals surface area contributed by atoms with Gasteiger partial charge in [0.05, 0.1) is 48.6 Å². The smallest absolute Gasteiger partial charge is 0.356 e. The Kier molecular flexibility index (Phi) is 16.3. The van der Waals surface area contributed by atoms with E-state index in [9.17, 15) is 43.8 Å². The second kappa shape index (κ2) is 23.8. The molecule has 10 rings (SSSR count). The summed E-state index contributed by atoms with van der Waals surface area (Å²) >= 11 is 6.77. The van der Waals surface area contributed by atoms with Crippen LogP contribution in [0, 0.1) is 6.92 Å². The Morgan fingerprint density at radius 1 is 0.725 bits per heavy atom. The molecule has 9 aromatic rings. The quantitative estimate of drug-likeness (QED) is 0.0758. The number of hydrogen-bond acceptors (Lipinski definition) is 24. The van der Waals surface area contributed by atoms with Gasteiger partial charge in [-0.2, -0.15) is 0 Å². The molecule has 0 saturated heterocycles. The average Bonchev–Trinajstić information content (AvgIpc) is 4.54. The molecule has 8 N–H and O–H groups in total. The fourth-order valence-electron chi connectivity index (χ4n) is 7.71. The fourth-order valence-corrected chi connectivity index (χ4v) is 12.9. The number of hydrogen-bond donors (Lipinski definition) is 8. The number of carboxylic acids is 1. The maximum atomic E-state index is 14.2. The van der Waals surface area contributed by atoms with Gasteiger partial charge in [0.15, 0.2) is 10.8 Å². The monoisotopic (exact) mass is 1190 g/mol. The zero-order valence-corrected chi connectivity index (χ0v) is 46.4. The molecule has 0 aliphatic carbocycles. The summed E-state index contributed by atoms with van der Waals surface area (Å²) in [5.41, 5.74) is 1.79. The van der Waals surface area contributed by atoms with Crippen molar-refractivity contribution in [1.82, 2.24) is 66.1 Å². The lowest BCUT2D eigenvalue weighted by Crippen LogP contribution is -2.40. The highest BCUT2D eigenvalue weighted by atomic mass is 32.1. The number of nitrogens with zero attached hydrogens (tertiary/aromatic N) is 9. The molecular weight excluding hydrogens is 1150 g/mol. The summed E-state index contributed by atoms with van der Waals surface area (Å²) in [6, 6.07) is 9.97. The number of aliphatic hydroxyl groups is 1. The molecule has 8 aromatic heterocycles. The second-order valence-corrected chi connectivity index (χ2v) is 22.7. The fraction of sp³-hybridized carbons (Fsp3) is 0.184. The van der Waals surface area contributed by atoms with Crippen LogP contribution in [0.15, 0.2) is 76.4 Å². The van der Waals surface area contributed by atoms with Gasteiger partial charge in [-0.1, -0.05) is 41.7 Å². The van der Waals surface area contributed by atoms with E-state index in [2.05, 4.69) is 56.8 Å². The number of benzene rings is 1. The minimum Gasteiger partial charge on any atom is -0.476 e. The third-order valence-electron chi connectivity index (χ3n) is 11.6. The molecule has 31 heteroatoms. The van der Waals surface area contributed by atoms with Crippen molar-refractivity contribution in [3.05, 3.63) is 130 Å². The number of carboxylic acid groups (broad SMARTS) is 1. The van der Waals surface area contributed by atoms with Crippen molar-refractivity contribution in [3.63, 3.8) is 0 Å². The zero-order valence-electron chi connectivity index (χ0n) is 41.5. The molecule has 1 aliphatic rings. The molecule has 0 fully saturated rings. The number of methoxy groups -OCH3 is 1. The largest absolute Gasteiger partial charge is 0.476 e. The summed E-state index contributed by atoms with van der Waals surface area (Å²) in [5.74, 6) is -5.01. The maximum Gasteiger partial charge on any atom is 0.356 e. The van der Waals surface area contributed by atoms with Gasteiger partial charge in [-0.05, 0) is 24.6 Å². The number of rotatable bonds is 10.